The predicted molar refractivity (Wildman–Crippen MR) is 105 cm³/mol. The van der Waals surface area contributed by atoms with Crippen molar-refractivity contribution in [2.45, 2.75) is 43.9 Å². The predicted octanol–water partition coefficient (Wildman–Crippen LogP) is 3.68. The van der Waals surface area contributed by atoms with Gasteiger partial charge in [-0.25, -0.2) is 0 Å². The fourth-order valence-electron chi connectivity index (χ4n) is 3.25. The first-order valence-electron chi connectivity index (χ1n) is 9.23. The van der Waals surface area contributed by atoms with Gasteiger partial charge >= 0.3 is 0 Å². The molecule has 7 nitrogen and oxygen atoms in total. The fourth-order valence-corrected chi connectivity index (χ4v) is 3.25. The molecule has 2 aromatic rings. The summed E-state index contributed by atoms with van der Waals surface area (Å²) in [4.78, 5) is 11.1. The fraction of sp³-hybridized carbons (Fsp3) is 0.429. The topological polar surface area (TPSA) is 102 Å². The first-order chi connectivity index (χ1) is 13.5. The third-order valence-electron chi connectivity index (χ3n) is 4.84. The molecule has 2 rings (SSSR count). The first kappa shape index (κ1) is 21.7. The Morgan fingerprint density at radius 2 is 1.21 bits per heavy atom. The molecule has 0 fully saturated rings. The first-order valence-corrected chi connectivity index (χ1v) is 9.23. The summed E-state index contributed by atoms with van der Waals surface area (Å²) in [6.45, 7) is 0. The molecule has 152 valence electrons. The third-order valence-corrected chi connectivity index (χ3v) is 4.84. The highest BCUT2D eigenvalue weighted by molar-refractivity contribution is 5.35. The van der Waals surface area contributed by atoms with E-state index < -0.39 is 18.2 Å². The normalized spacial score (nSPS) is 13.2. The quantitative estimate of drug-likeness (QED) is 0.449. The molecular weight excluding hydrogens is 362 g/mol. The van der Waals surface area contributed by atoms with E-state index in [0.29, 0.717) is 22.6 Å². The van der Waals surface area contributed by atoms with Crippen molar-refractivity contribution >= 4 is 0 Å². The van der Waals surface area contributed by atoms with E-state index in [2.05, 4.69) is 0 Å². The number of hydrogen-bond donors (Lipinski definition) is 2. The Balaban J connectivity index is 1.95. The highest BCUT2D eigenvalue weighted by atomic mass is 16.6. The number of ether oxygens (including phenoxy) is 2. The average molecular weight is 389 g/mol. The Morgan fingerprint density at radius 3 is 1.57 bits per heavy atom. The van der Waals surface area contributed by atoms with E-state index in [4.69, 9.17) is 9.47 Å². The van der Waals surface area contributed by atoms with Gasteiger partial charge in [0.25, 0.3) is 0 Å². The molecule has 0 aliphatic rings. The molecule has 0 aromatic heterocycles. The van der Waals surface area contributed by atoms with Crippen molar-refractivity contribution in [3.8, 4) is 11.5 Å². The number of rotatable bonds is 11. The molecule has 0 amide bonds. The van der Waals surface area contributed by atoms with Gasteiger partial charge < -0.3 is 19.7 Å². The Kier molecular flexibility index (Phi) is 8.22. The van der Waals surface area contributed by atoms with Gasteiger partial charge in [-0.1, -0.05) is 36.4 Å². The molecule has 0 bridgehead atoms. The molecule has 0 aliphatic carbocycles. The van der Waals surface area contributed by atoms with Crippen LogP contribution in [0.1, 0.15) is 49.0 Å². The van der Waals surface area contributed by atoms with Crippen molar-refractivity contribution in [3.63, 3.8) is 0 Å². The van der Waals surface area contributed by atoms with Crippen LogP contribution in [0.5, 0.6) is 11.5 Å². The van der Waals surface area contributed by atoms with Gasteiger partial charge in [-0.2, -0.15) is 0 Å². The summed E-state index contributed by atoms with van der Waals surface area (Å²) in [5.41, 5.74) is 1.22. The summed E-state index contributed by atoms with van der Waals surface area (Å²) < 4.78 is 10.5. The highest BCUT2D eigenvalue weighted by Gasteiger charge is 2.25. The van der Waals surface area contributed by atoms with E-state index in [-0.39, 0.29) is 30.6 Å². The van der Waals surface area contributed by atoms with E-state index in [9.17, 15) is 20.3 Å². The lowest BCUT2D eigenvalue weighted by Crippen LogP contribution is -2.21. The molecular formula is C21H27NO6. The van der Waals surface area contributed by atoms with E-state index in [1.165, 1.54) is 14.2 Å². The number of nitro groups is 1. The van der Waals surface area contributed by atoms with Crippen LogP contribution >= 0.6 is 0 Å². The second-order valence-electron chi connectivity index (χ2n) is 6.61. The Morgan fingerprint density at radius 1 is 0.821 bits per heavy atom. The Labute approximate surface area is 164 Å². The van der Waals surface area contributed by atoms with Gasteiger partial charge in [-0.15, -0.1) is 0 Å². The maximum absolute atomic E-state index is 11.4. The number of aliphatic hydroxyl groups is 2. The van der Waals surface area contributed by atoms with Crippen LogP contribution in [0.25, 0.3) is 0 Å². The maximum atomic E-state index is 11.4. The number of benzene rings is 2. The standard InChI is InChI=1S/C21H27NO6/c1-27-20-9-5-3-7-16(20)18(23)13-11-15(22(25)26)12-14-19(24)17-8-4-6-10-21(17)28-2/h3-10,15,18-19,23-24H,11-14H2,1-2H3/t18-,19-/m0/s1. The van der Waals surface area contributed by atoms with Gasteiger partial charge in [-0.05, 0) is 25.0 Å². The second-order valence-corrected chi connectivity index (χ2v) is 6.61. The smallest absolute Gasteiger partial charge is 0.213 e. The summed E-state index contributed by atoms with van der Waals surface area (Å²) in [6.07, 6.45) is -0.834. The van der Waals surface area contributed by atoms with Crippen LogP contribution in [-0.2, 0) is 0 Å². The second kappa shape index (κ2) is 10.6. The lowest BCUT2D eigenvalue weighted by atomic mass is 9.96. The molecule has 0 aliphatic heterocycles. The summed E-state index contributed by atoms with van der Waals surface area (Å²) >= 11 is 0. The molecule has 0 spiro atoms. The Hall–Kier alpha value is -2.64. The van der Waals surface area contributed by atoms with Crippen LogP contribution < -0.4 is 9.47 Å². The minimum atomic E-state index is -0.853. The van der Waals surface area contributed by atoms with E-state index in [0.717, 1.165) is 0 Å². The summed E-state index contributed by atoms with van der Waals surface area (Å²) in [6, 6.07) is 13.3. The molecule has 2 N–H and O–H groups in total. The van der Waals surface area contributed by atoms with Crippen molar-refractivity contribution in [1.29, 1.82) is 0 Å². The number of hydrogen-bond acceptors (Lipinski definition) is 6. The van der Waals surface area contributed by atoms with Crippen LogP contribution in [0.2, 0.25) is 0 Å². The van der Waals surface area contributed by atoms with E-state index >= 15 is 0 Å². The molecule has 0 saturated heterocycles. The van der Waals surface area contributed by atoms with Crippen LogP contribution in [-0.4, -0.2) is 35.4 Å². The van der Waals surface area contributed by atoms with Gasteiger partial charge in [0.2, 0.25) is 6.04 Å². The van der Waals surface area contributed by atoms with Crippen molar-refractivity contribution in [2.75, 3.05) is 14.2 Å². The molecule has 0 saturated carbocycles. The van der Waals surface area contributed by atoms with E-state index in [1.54, 1.807) is 48.5 Å². The summed E-state index contributed by atoms with van der Waals surface area (Å²) in [7, 11) is 3.04. The molecule has 0 radical (unpaired) electrons. The zero-order chi connectivity index (χ0) is 20.5. The third kappa shape index (κ3) is 5.68. The SMILES string of the molecule is COc1ccccc1[C@@H](O)CCC(CC[C@H](O)c1ccccc1OC)[N+](=O)[O-]. The molecule has 0 heterocycles. The van der Waals surface area contributed by atoms with Crippen LogP contribution in [0.4, 0.5) is 0 Å². The summed E-state index contributed by atoms with van der Waals surface area (Å²) in [5.74, 6) is 1.11. The van der Waals surface area contributed by atoms with Crippen molar-refractivity contribution in [2.24, 2.45) is 0 Å². The van der Waals surface area contributed by atoms with Gasteiger partial charge in [0.15, 0.2) is 0 Å². The van der Waals surface area contributed by atoms with Gasteiger partial charge in [0.1, 0.15) is 11.5 Å². The van der Waals surface area contributed by atoms with Crippen molar-refractivity contribution in [3.05, 3.63) is 69.8 Å². The molecule has 2 atom stereocenters. The van der Waals surface area contributed by atoms with Crippen LogP contribution in [0.15, 0.2) is 48.5 Å². The lowest BCUT2D eigenvalue weighted by molar-refractivity contribution is -0.525. The van der Waals surface area contributed by atoms with Crippen LogP contribution in [0.3, 0.4) is 0 Å². The average Bonchev–Trinajstić information content (AvgIpc) is 2.72. The maximum Gasteiger partial charge on any atom is 0.213 e. The highest BCUT2D eigenvalue weighted by Crippen LogP contribution is 2.31. The number of methoxy groups -OCH3 is 2. The molecule has 28 heavy (non-hydrogen) atoms. The zero-order valence-electron chi connectivity index (χ0n) is 16.2. The number of nitrogens with zero attached hydrogens (tertiary/aromatic N) is 1. The lowest BCUT2D eigenvalue weighted by Gasteiger charge is -2.18. The van der Waals surface area contributed by atoms with Gasteiger partial charge in [0, 0.05) is 28.9 Å². The molecule has 7 heteroatoms. The summed E-state index contributed by atoms with van der Waals surface area (Å²) in [5, 5.41) is 32.3. The monoisotopic (exact) mass is 389 g/mol. The van der Waals surface area contributed by atoms with Gasteiger partial charge in [-0.3, -0.25) is 10.1 Å². The zero-order valence-corrected chi connectivity index (χ0v) is 16.2. The molecule has 2 aromatic carbocycles. The molecule has 0 unspecified atom stereocenters. The minimum Gasteiger partial charge on any atom is -0.496 e. The van der Waals surface area contributed by atoms with Crippen molar-refractivity contribution < 1.29 is 24.6 Å². The van der Waals surface area contributed by atoms with Gasteiger partial charge in [0.05, 0.1) is 26.4 Å². The van der Waals surface area contributed by atoms with Crippen molar-refractivity contribution in [1.82, 2.24) is 0 Å². The minimum absolute atomic E-state index is 0.199. The Bertz CT molecular complexity index is 709. The number of para-hydroxylation sites is 2. The van der Waals surface area contributed by atoms with Crippen LogP contribution in [0, 0.1) is 10.1 Å². The number of aliphatic hydroxyl groups excluding tert-OH is 2. The largest absolute Gasteiger partial charge is 0.496 e. The van der Waals surface area contributed by atoms with E-state index in [1.807, 2.05) is 0 Å².